The topological polar surface area (TPSA) is 63.0 Å². The second kappa shape index (κ2) is 5.81. The first-order valence-electron chi connectivity index (χ1n) is 8.20. The summed E-state index contributed by atoms with van der Waals surface area (Å²) >= 11 is 0. The number of nitrogens with zero attached hydrogens (tertiary/aromatic N) is 5. The molecular weight excluding hydrogens is 294 g/mol. The van der Waals surface area contributed by atoms with Crippen molar-refractivity contribution in [1.29, 1.82) is 0 Å². The standard InChI is InChI=1S/C16H21N5O2/c1-12-4-2-6-14-17-18-16(21(12)14)20-9-7-19(8-10-20)15(22)13-5-3-11-23-13/h2,4,6,13H,3,5,7-11H2,1H3/t13-/m0/s1. The van der Waals surface area contributed by atoms with Crippen molar-refractivity contribution in [3.05, 3.63) is 23.9 Å². The summed E-state index contributed by atoms with van der Waals surface area (Å²) in [6.45, 7) is 5.72. The maximum Gasteiger partial charge on any atom is 0.251 e. The number of aromatic nitrogens is 3. The van der Waals surface area contributed by atoms with Crippen molar-refractivity contribution in [1.82, 2.24) is 19.5 Å². The molecule has 0 N–H and O–H groups in total. The number of fused-ring (bicyclic) bond motifs is 1. The van der Waals surface area contributed by atoms with Crippen molar-refractivity contribution >= 4 is 17.5 Å². The zero-order valence-electron chi connectivity index (χ0n) is 13.3. The van der Waals surface area contributed by atoms with Crippen molar-refractivity contribution in [2.75, 3.05) is 37.7 Å². The monoisotopic (exact) mass is 315 g/mol. The van der Waals surface area contributed by atoms with Crippen LogP contribution in [0.1, 0.15) is 18.5 Å². The van der Waals surface area contributed by atoms with Gasteiger partial charge in [-0.25, -0.2) is 0 Å². The van der Waals surface area contributed by atoms with Crippen molar-refractivity contribution < 1.29 is 9.53 Å². The first-order chi connectivity index (χ1) is 11.2. The van der Waals surface area contributed by atoms with Gasteiger partial charge >= 0.3 is 0 Å². The smallest absolute Gasteiger partial charge is 0.251 e. The highest BCUT2D eigenvalue weighted by molar-refractivity contribution is 5.81. The number of rotatable bonds is 2. The van der Waals surface area contributed by atoms with Crippen LogP contribution in [0, 0.1) is 6.92 Å². The highest BCUT2D eigenvalue weighted by atomic mass is 16.5. The first kappa shape index (κ1) is 14.4. The Morgan fingerprint density at radius 1 is 1.22 bits per heavy atom. The third-order valence-electron chi connectivity index (χ3n) is 4.69. The molecular formula is C16H21N5O2. The average Bonchev–Trinajstić information content (AvgIpc) is 3.25. The van der Waals surface area contributed by atoms with Crippen LogP contribution in [-0.4, -0.2) is 64.3 Å². The van der Waals surface area contributed by atoms with Gasteiger partial charge in [0.05, 0.1) is 0 Å². The van der Waals surface area contributed by atoms with Crippen molar-refractivity contribution in [3.8, 4) is 0 Å². The molecule has 2 saturated heterocycles. The van der Waals surface area contributed by atoms with Crippen LogP contribution in [-0.2, 0) is 9.53 Å². The summed E-state index contributed by atoms with van der Waals surface area (Å²) in [6.07, 6.45) is 1.62. The van der Waals surface area contributed by atoms with E-state index in [2.05, 4.69) is 32.5 Å². The molecule has 0 unspecified atom stereocenters. The lowest BCUT2D eigenvalue weighted by Crippen LogP contribution is -2.51. The number of hydrogen-bond donors (Lipinski definition) is 0. The number of amides is 1. The minimum atomic E-state index is -0.224. The lowest BCUT2D eigenvalue weighted by molar-refractivity contribution is -0.141. The molecule has 1 atom stereocenters. The van der Waals surface area contributed by atoms with Crippen LogP contribution in [0.25, 0.3) is 5.65 Å². The molecule has 0 radical (unpaired) electrons. The van der Waals surface area contributed by atoms with E-state index in [1.165, 1.54) is 0 Å². The molecule has 0 aromatic carbocycles. The van der Waals surface area contributed by atoms with Gasteiger partial charge in [-0.05, 0) is 31.9 Å². The average molecular weight is 315 g/mol. The summed E-state index contributed by atoms with van der Waals surface area (Å²) in [6, 6.07) is 6.00. The summed E-state index contributed by atoms with van der Waals surface area (Å²) in [7, 11) is 0. The second-order valence-electron chi connectivity index (χ2n) is 6.17. The van der Waals surface area contributed by atoms with Crippen LogP contribution in [0.2, 0.25) is 0 Å². The zero-order chi connectivity index (χ0) is 15.8. The second-order valence-corrected chi connectivity index (χ2v) is 6.17. The normalized spacial score (nSPS) is 22.0. The molecule has 0 bridgehead atoms. The van der Waals surface area contributed by atoms with E-state index in [4.69, 9.17) is 4.74 Å². The number of ether oxygens (including phenoxy) is 1. The Bertz CT molecular complexity index is 714. The van der Waals surface area contributed by atoms with E-state index >= 15 is 0 Å². The number of aryl methyl sites for hydroxylation is 1. The molecule has 7 heteroatoms. The molecule has 1 amide bonds. The lowest BCUT2D eigenvalue weighted by Gasteiger charge is -2.35. The van der Waals surface area contributed by atoms with Gasteiger partial charge < -0.3 is 14.5 Å². The summed E-state index contributed by atoms with van der Waals surface area (Å²) in [5.41, 5.74) is 1.97. The number of piperazine rings is 1. The third-order valence-corrected chi connectivity index (χ3v) is 4.69. The molecule has 122 valence electrons. The van der Waals surface area contributed by atoms with Gasteiger partial charge in [0.1, 0.15) is 6.10 Å². The Labute approximate surface area is 134 Å². The number of pyridine rings is 1. The van der Waals surface area contributed by atoms with Crippen LogP contribution < -0.4 is 4.90 Å². The molecule has 0 aliphatic carbocycles. The maximum atomic E-state index is 12.4. The van der Waals surface area contributed by atoms with Crippen LogP contribution in [0.4, 0.5) is 5.95 Å². The van der Waals surface area contributed by atoms with Gasteiger partial charge in [0, 0.05) is 38.5 Å². The number of carbonyl (C=O) groups excluding carboxylic acids is 1. The van der Waals surface area contributed by atoms with Gasteiger partial charge in [-0.2, -0.15) is 0 Å². The SMILES string of the molecule is Cc1cccc2nnc(N3CCN(C(=O)[C@@H]4CCCO4)CC3)n12. The van der Waals surface area contributed by atoms with Gasteiger partial charge in [-0.15, -0.1) is 10.2 Å². The Morgan fingerprint density at radius 2 is 2.04 bits per heavy atom. The largest absolute Gasteiger partial charge is 0.368 e. The quantitative estimate of drug-likeness (QED) is 0.823. The van der Waals surface area contributed by atoms with Crippen molar-refractivity contribution in [3.63, 3.8) is 0 Å². The van der Waals surface area contributed by atoms with Gasteiger partial charge in [-0.3, -0.25) is 9.20 Å². The zero-order valence-corrected chi connectivity index (χ0v) is 13.3. The Hall–Kier alpha value is -2.15. The van der Waals surface area contributed by atoms with E-state index < -0.39 is 0 Å². The van der Waals surface area contributed by atoms with Gasteiger partial charge in [0.15, 0.2) is 5.65 Å². The van der Waals surface area contributed by atoms with E-state index in [0.717, 1.165) is 43.2 Å². The Morgan fingerprint density at radius 3 is 2.78 bits per heavy atom. The van der Waals surface area contributed by atoms with E-state index in [-0.39, 0.29) is 12.0 Å². The Kier molecular flexibility index (Phi) is 3.65. The summed E-state index contributed by atoms with van der Waals surface area (Å²) in [5, 5.41) is 8.58. The number of hydrogen-bond acceptors (Lipinski definition) is 5. The fourth-order valence-corrected chi connectivity index (χ4v) is 3.39. The molecule has 4 heterocycles. The van der Waals surface area contributed by atoms with E-state index in [9.17, 15) is 4.79 Å². The van der Waals surface area contributed by atoms with Crippen molar-refractivity contribution in [2.45, 2.75) is 25.9 Å². The highest BCUT2D eigenvalue weighted by Gasteiger charge is 2.31. The molecule has 2 aromatic heterocycles. The molecule has 2 fully saturated rings. The maximum absolute atomic E-state index is 12.4. The first-order valence-corrected chi connectivity index (χ1v) is 8.20. The molecule has 23 heavy (non-hydrogen) atoms. The predicted molar refractivity (Wildman–Crippen MR) is 85.5 cm³/mol. The number of carbonyl (C=O) groups is 1. The predicted octanol–water partition coefficient (Wildman–Crippen LogP) is 0.865. The molecule has 4 rings (SSSR count). The van der Waals surface area contributed by atoms with Gasteiger partial charge in [0.25, 0.3) is 5.91 Å². The van der Waals surface area contributed by atoms with Crippen LogP contribution in [0.5, 0.6) is 0 Å². The van der Waals surface area contributed by atoms with Gasteiger partial charge in [0.2, 0.25) is 5.95 Å². The van der Waals surface area contributed by atoms with Crippen LogP contribution in [0.3, 0.4) is 0 Å². The van der Waals surface area contributed by atoms with E-state index in [1.807, 2.05) is 17.0 Å². The summed E-state index contributed by atoms with van der Waals surface area (Å²) in [4.78, 5) is 16.5. The van der Waals surface area contributed by atoms with Gasteiger partial charge in [-0.1, -0.05) is 6.07 Å². The van der Waals surface area contributed by atoms with Crippen LogP contribution >= 0.6 is 0 Å². The Balaban J connectivity index is 1.47. The van der Waals surface area contributed by atoms with Crippen LogP contribution in [0.15, 0.2) is 18.2 Å². The molecule has 0 saturated carbocycles. The van der Waals surface area contributed by atoms with E-state index in [1.54, 1.807) is 0 Å². The highest BCUT2D eigenvalue weighted by Crippen LogP contribution is 2.20. The summed E-state index contributed by atoms with van der Waals surface area (Å²) in [5.74, 6) is 1.01. The fraction of sp³-hybridized carbons (Fsp3) is 0.562. The minimum Gasteiger partial charge on any atom is -0.368 e. The fourth-order valence-electron chi connectivity index (χ4n) is 3.39. The molecule has 0 spiro atoms. The summed E-state index contributed by atoms with van der Waals surface area (Å²) < 4.78 is 7.58. The van der Waals surface area contributed by atoms with Crippen molar-refractivity contribution in [2.24, 2.45) is 0 Å². The molecule has 7 nitrogen and oxygen atoms in total. The molecule has 2 aliphatic rings. The number of anilines is 1. The lowest BCUT2D eigenvalue weighted by atomic mass is 10.2. The molecule has 2 aliphatic heterocycles. The third kappa shape index (κ3) is 2.55. The molecule has 2 aromatic rings. The van der Waals surface area contributed by atoms with E-state index in [0.29, 0.717) is 19.7 Å². The minimum absolute atomic E-state index is 0.143.